The van der Waals surface area contributed by atoms with Crippen LogP contribution in [-0.2, 0) is 23.9 Å². The summed E-state index contributed by atoms with van der Waals surface area (Å²) in [6.45, 7) is 21.9. The van der Waals surface area contributed by atoms with E-state index >= 15 is 0 Å². The summed E-state index contributed by atoms with van der Waals surface area (Å²) in [6, 6.07) is -3.64. The second kappa shape index (κ2) is 15.9. The second-order valence-electron chi connectivity index (χ2n) is 17.0. The van der Waals surface area contributed by atoms with E-state index in [0.717, 1.165) is 12.2 Å². The third-order valence-corrected chi connectivity index (χ3v) is 11.2. The molecule has 4 rings (SSSR count). The summed E-state index contributed by atoms with van der Waals surface area (Å²) in [5, 5.41) is 11.5. The van der Waals surface area contributed by atoms with E-state index in [0.29, 0.717) is 31.2 Å². The number of likely N-dealkylation sites (tertiary alicyclic amines) is 1. The Morgan fingerprint density at radius 2 is 1.62 bits per heavy atom. The van der Waals surface area contributed by atoms with Crippen molar-refractivity contribution >= 4 is 29.5 Å². The molecular weight excluding hydrogens is 634 g/mol. The van der Waals surface area contributed by atoms with E-state index in [-0.39, 0.29) is 47.8 Å². The maximum Gasteiger partial charge on any atom is 0.316 e. The highest BCUT2D eigenvalue weighted by Crippen LogP contribution is 2.65. The molecule has 4 aliphatic rings. The molecule has 1 aliphatic heterocycles. The first-order valence-electron chi connectivity index (χ1n) is 18.9. The van der Waals surface area contributed by atoms with Gasteiger partial charge in [0.05, 0.1) is 12.1 Å². The Hall–Kier alpha value is -3.37. The smallest absolute Gasteiger partial charge is 0.316 e. The van der Waals surface area contributed by atoms with E-state index in [1.165, 1.54) is 31.8 Å². The largest absolute Gasteiger partial charge is 0.492 e. The fraction of sp³-hybridized carbons (Fsp3) is 0.769. The van der Waals surface area contributed by atoms with Crippen LogP contribution in [0.1, 0.15) is 107 Å². The third-order valence-electron chi connectivity index (χ3n) is 11.2. The van der Waals surface area contributed by atoms with Gasteiger partial charge in [-0.05, 0) is 85.5 Å². The van der Waals surface area contributed by atoms with Gasteiger partial charge in [0, 0.05) is 13.1 Å². The Labute approximate surface area is 299 Å². The lowest BCUT2D eigenvalue weighted by molar-refractivity contribution is -0.145. The first kappa shape index (κ1) is 39.4. The molecule has 0 bridgehead atoms. The minimum Gasteiger partial charge on any atom is -0.492 e. The van der Waals surface area contributed by atoms with Crippen LogP contribution in [0.5, 0.6) is 0 Å². The maximum absolute atomic E-state index is 14.5. The third kappa shape index (κ3) is 9.10. The predicted octanol–water partition coefficient (Wildman–Crippen LogP) is 4.86. The van der Waals surface area contributed by atoms with Crippen LogP contribution in [0, 0.1) is 40.4 Å². The van der Waals surface area contributed by atoms with Crippen molar-refractivity contribution in [1.29, 1.82) is 0 Å². The van der Waals surface area contributed by atoms with Gasteiger partial charge in [0.25, 0.3) is 5.91 Å². The number of ketones is 1. The number of nitrogens with one attached hydrogen (secondary N) is 4. The SMILES string of the molecule is C=CCNC(=O)C(=O)C(CCCC)NC(=O)[C@@H]1[C@@H]2[C@H](CN1C(=O)[C@@H](NC(=O)N[C@H](C(=CC)OC(C1CC1)C1CC1)C(C)C)C(C)(C)C)C2(C)C. The van der Waals surface area contributed by atoms with Gasteiger partial charge < -0.3 is 30.9 Å². The average molecular weight is 698 g/mol. The molecule has 0 radical (unpaired) electrons. The van der Waals surface area contributed by atoms with Gasteiger partial charge in [-0.25, -0.2) is 4.79 Å². The molecule has 0 spiro atoms. The van der Waals surface area contributed by atoms with Crippen LogP contribution in [0.4, 0.5) is 4.79 Å². The van der Waals surface area contributed by atoms with Gasteiger partial charge in [-0.1, -0.05) is 74.3 Å². The number of rotatable bonds is 18. The molecule has 0 aromatic heterocycles. The maximum atomic E-state index is 14.5. The quantitative estimate of drug-likeness (QED) is 0.0915. The molecule has 6 atom stereocenters. The van der Waals surface area contributed by atoms with Gasteiger partial charge in [-0.15, -0.1) is 6.58 Å². The van der Waals surface area contributed by atoms with Crippen molar-refractivity contribution in [2.75, 3.05) is 13.1 Å². The number of piperidine rings is 1. The lowest BCUT2D eigenvalue weighted by Gasteiger charge is -2.38. The number of carbonyl (C=O) groups excluding carboxylic acids is 5. The molecule has 1 unspecified atom stereocenters. The monoisotopic (exact) mass is 697 g/mol. The van der Waals surface area contributed by atoms with Gasteiger partial charge in [0.1, 0.15) is 23.9 Å². The predicted molar refractivity (Wildman–Crippen MR) is 194 cm³/mol. The number of unbranched alkanes of at least 4 members (excludes halogenated alkanes) is 1. The molecule has 3 saturated carbocycles. The molecule has 50 heavy (non-hydrogen) atoms. The number of hydrogen-bond donors (Lipinski definition) is 4. The number of hydrogen-bond acceptors (Lipinski definition) is 6. The van der Waals surface area contributed by atoms with Crippen LogP contribution in [0.3, 0.4) is 0 Å². The van der Waals surface area contributed by atoms with Crippen molar-refractivity contribution in [2.45, 2.75) is 138 Å². The number of carbonyl (C=O) groups is 5. The van der Waals surface area contributed by atoms with Crippen LogP contribution in [0.15, 0.2) is 24.5 Å². The summed E-state index contributed by atoms with van der Waals surface area (Å²) < 4.78 is 6.60. The minimum absolute atomic E-state index is 0.0398. The number of allylic oxidation sites excluding steroid dienone is 1. The fourth-order valence-electron chi connectivity index (χ4n) is 7.76. The Kier molecular flexibility index (Phi) is 12.5. The van der Waals surface area contributed by atoms with E-state index in [2.05, 4.69) is 41.7 Å². The molecule has 1 heterocycles. The van der Waals surface area contributed by atoms with Gasteiger partial charge >= 0.3 is 6.03 Å². The lowest BCUT2D eigenvalue weighted by Crippen LogP contribution is -2.62. The Morgan fingerprint density at radius 1 is 1.00 bits per heavy atom. The summed E-state index contributed by atoms with van der Waals surface area (Å²) in [5.74, 6) is -0.342. The van der Waals surface area contributed by atoms with E-state index in [4.69, 9.17) is 4.74 Å². The number of urea groups is 1. The van der Waals surface area contributed by atoms with E-state index in [1.807, 2.05) is 54.5 Å². The zero-order chi connectivity index (χ0) is 37.1. The fourth-order valence-corrected chi connectivity index (χ4v) is 7.76. The van der Waals surface area contributed by atoms with Gasteiger partial charge in [0.15, 0.2) is 0 Å². The Morgan fingerprint density at radius 3 is 2.12 bits per heavy atom. The average Bonchev–Trinajstić information content (AvgIpc) is 4.00. The molecule has 11 heteroatoms. The van der Waals surface area contributed by atoms with Crippen LogP contribution >= 0.6 is 0 Å². The van der Waals surface area contributed by atoms with Gasteiger partial charge in [0.2, 0.25) is 17.6 Å². The number of amides is 5. The summed E-state index contributed by atoms with van der Waals surface area (Å²) >= 11 is 0. The van der Waals surface area contributed by atoms with Crippen molar-refractivity contribution in [1.82, 2.24) is 26.2 Å². The first-order chi connectivity index (χ1) is 23.5. The van der Waals surface area contributed by atoms with E-state index in [1.54, 1.807) is 4.90 Å². The van der Waals surface area contributed by atoms with Crippen LogP contribution < -0.4 is 21.3 Å². The summed E-state index contributed by atoms with van der Waals surface area (Å²) in [5.41, 5.74) is -0.853. The van der Waals surface area contributed by atoms with E-state index in [9.17, 15) is 24.0 Å². The number of ether oxygens (including phenoxy) is 1. The van der Waals surface area contributed by atoms with Crippen molar-refractivity contribution in [3.05, 3.63) is 24.5 Å². The molecule has 1 saturated heterocycles. The molecule has 0 aromatic rings. The normalized spacial score (nSPS) is 24.5. The summed E-state index contributed by atoms with van der Waals surface area (Å²) in [4.78, 5) is 69.6. The zero-order valence-corrected chi connectivity index (χ0v) is 31.9. The van der Waals surface area contributed by atoms with Crippen molar-refractivity contribution in [2.24, 2.45) is 40.4 Å². The molecule has 4 N–H and O–H groups in total. The molecule has 3 aliphatic carbocycles. The minimum atomic E-state index is -1.01. The first-order valence-corrected chi connectivity index (χ1v) is 18.9. The van der Waals surface area contributed by atoms with Crippen LogP contribution in [0.2, 0.25) is 0 Å². The number of nitrogens with zero attached hydrogens (tertiary/aromatic N) is 1. The summed E-state index contributed by atoms with van der Waals surface area (Å²) in [7, 11) is 0. The lowest BCUT2D eigenvalue weighted by atomic mass is 9.85. The van der Waals surface area contributed by atoms with Crippen molar-refractivity contribution < 1.29 is 28.7 Å². The number of fused-ring (bicyclic) bond motifs is 1. The topological polar surface area (TPSA) is 146 Å². The van der Waals surface area contributed by atoms with Crippen molar-refractivity contribution in [3.8, 4) is 0 Å². The molecular formula is C39H63N5O6. The highest BCUT2D eigenvalue weighted by molar-refractivity contribution is 6.38. The number of Topliss-reactive ketones (excluding diaryl/α,β-unsaturated/α-hetero) is 1. The standard InChI is InChI=1S/C39H63N5O6/c1-11-14-15-26(31(45)35(47)40-20-12-2)41-34(46)30-28-25(39(28,9)10)21-44(30)36(48)33(38(6,7)8)43-37(49)42-29(22(4)5)27(13-3)50-32(23-16-17-23)24-18-19-24/h12-13,22-26,28-30,32-33H,2,11,14-21H2,1,3-10H3,(H,40,47)(H,41,46)(H2,42,43,49)/t25-,26?,28-,29-,30-,33+/m0/s1. The Balaban J connectivity index is 1.50. The Bertz CT molecular complexity index is 1310. The molecule has 280 valence electrons. The van der Waals surface area contributed by atoms with Crippen molar-refractivity contribution in [3.63, 3.8) is 0 Å². The molecule has 4 fully saturated rings. The molecule has 5 amide bonds. The van der Waals surface area contributed by atoms with E-state index < -0.39 is 47.2 Å². The van der Waals surface area contributed by atoms with Gasteiger partial charge in [-0.2, -0.15) is 0 Å². The highest BCUT2D eigenvalue weighted by atomic mass is 16.5. The van der Waals surface area contributed by atoms with Gasteiger partial charge in [-0.3, -0.25) is 19.2 Å². The van der Waals surface area contributed by atoms with Crippen LogP contribution in [0.25, 0.3) is 0 Å². The second-order valence-corrected chi connectivity index (χ2v) is 17.0. The van der Waals surface area contributed by atoms with Crippen LogP contribution in [-0.4, -0.2) is 77.8 Å². The molecule has 0 aromatic carbocycles. The molecule has 11 nitrogen and oxygen atoms in total. The summed E-state index contributed by atoms with van der Waals surface area (Å²) in [6.07, 6.45) is 10.1. The highest BCUT2D eigenvalue weighted by Gasteiger charge is 2.70. The zero-order valence-electron chi connectivity index (χ0n) is 31.9.